The van der Waals surface area contributed by atoms with Crippen LogP contribution in [-0.2, 0) is 14.6 Å². The Morgan fingerprint density at radius 1 is 1.39 bits per heavy atom. The number of carbonyl (C=O) groups excluding carboxylic acids is 1. The molecule has 0 saturated heterocycles. The fourth-order valence-electron chi connectivity index (χ4n) is 1.16. The van der Waals surface area contributed by atoms with Crippen LogP contribution < -0.4 is 10.2 Å². The van der Waals surface area contributed by atoms with Crippen LogP contribution in [0.2, 0.25) is 0 Å². The summed E-state index contributed by atoms with van der Waals surface area (Å²) in [6, 6.07) is 3.41. The van der Waals surface area contributed by atoms with E-state index in [4.69, 9.17) is 0 Å². The average Bonchev–Trinajstić information content (AvgIpc) is 2.27. The van der Waals surface area contributed by atoms with E-state index in [2.05, 4.69) is 10.3 Å². The molecular formula is C11H17N3O3S. The van der Waals surface area contributed by atoms with Gasteiger partial charge in [-0.15, -0.1) is 0 Å². The summed E-state index contributed by atoms with van der Waals surface area (Å²) in [6.07, 6.45) is 2.52. The maximum absolute atomic E-state index is 11.6. The van der Waals surface area contributed by atoms with Gasteiger partial charge in [0, 0.05) is 20.4 Å². The predicted octanol–water partition coefficient (Wildman–Crippen LogP) is 0.519. The molecule has 18 heavy (non-hydrogen) atoms. The first kappa shape index (κ1) is 14.4. The number of amides is 1. The van der Waals surface area contributed by atoms with Crippen molar-refractivity contribution in [2.75, 3.05) is 30.6 Å². The maximum atomic E-state index is 11.6. The molecule has 1 atom stereocenters. The third-order valence-electron chi connectivity index (χ3n) is 2.49. The molecule has 1 aromatic heterocycles. The molecule has 1 amide bonds. The second kappa shape index (κ2) is 5.34. The first-order valence-electron chi connectivity index (χ1n) is 5.35. The Bertz CT molecular complexity index is 523. The van der Waals surface area contributed by atoms with Crippen LogP contribution in [-0.4, -0.2) is 44.9 Å². The molecule has 1 aromatic rings. The van der Waals surface area contributed by atoms with Crippen LogP contribution in [0.25, 0.3) is 0 Å². The monoisotopic (exact) mass is 271 g/mol. The summed E-state index contributed by atoms with van der Waals surface area (Å²) in [5.41, 5.74) is 0.473. The van der Waals surface area contributed by atoms with Gasteiger partial charge in [0.25, 0.3) is 0 Å². The molecule has 1 N–H and O–H groups in total. The van der Waals surface area contributed by atoms with E-state index in [1.54, 1.807) is 12.1 Å². The number of carbonyl (C=O) groups is 1. The number of hydrogen-bond donors (Lipinski definition) is 1. The molecule has 0 bridgehead atoms. The second-order valence-electron chi connectivity index (χ2n) is 4.26. The number of nitrogens with one attached hydrogen (secondary N) is 1. The van der Waals surface area contributed by atoms with E-state index in [0.29, 0.717) is 5.69 Å². The Balaban J connectivity index is 2.77. The van der Waals surface area contributed by atoms with Gasteiger partial charge in [-0.2, -0.15) is 0 Å². The lowest BCUT2D eigenvalue weighted by molar-refractivity contribution is -0.115. The number of nitrogens with zero attached hydrogens (tertiary/aromatic N) is 2. The van der Waals surface area contributed by atoms with Gasteiger partial charge in [0.15, 0.2) is 9.84 Å². The first-order chi connectivity index (χ1) is 8.21. The molecule has 0 aliphatic heterocycles. The number of anilines is 2. The summed E-state index contributed by atoms with van der Waals surface area (Å²) in [5, 5.41) is 1.44. The predicted molar refractivity (Wildman–Crippen MR) is 71.5 cm³/mol. The van der Waals surface area contributed by atoms with Crippen molar-refractivity contribution >= 4 is 27.2 Å². The molecule has 7 heteroatoms. The molecular weight excluding hydrogens is 254 g/mol. The molecule has 100 valence electrons. The zero-order chi connectivity index (χ0) is 13.9. The molecule has 0 radical (unpaired) electrons. The zero-order valence-electron chi connectivity index (χ0n) is 10.8. The summed E-state index contributed by atoms with van der Waals surface area (Å²) in [6.45, 7) is 1.35. The van der Waals surface area contributed by atoms with Crippen LogP contribution in [0.15, 0.2) is 18.3 Å². The van der Waals surface area contributed by atoms with Crippen LogP contribution in [0, 0.1) is 0 Å². The van der Waals surface area contributed by atoms with Crippen molar-refractivity contribution in [3.8, 4) is 0 Å². The third kappa shape index (κ3) is 3.69. The van der Waals surface area contributed by atoms with Crippen LogP contribution >= 0.6 is 0 Å². The third-order valence-corrected chi connectivity index (χ3v) is 3.98. The molecule has 0 aliphatic carbocycles. The fraction of sp³-hybridized carbons (Fsp3) is 0.455. The number of pyridine rings is 1. The maximum Gasteiger partial charge on any atom is 0.242 e. The van der Waals surface area contributed by atoms with Gasteiger partial charge in [-0.25, -0.2) is 13.4 Å². The molecule has 0 fully saturated rings. The Morgan fingerprint density at radius 2 is 2.00 bits per heavy atom. The van der Waals surface area contributed by atoms with Gasteiger partial charge >= 0.3 is 0 Å². The molecule has 0 unspecified atom stereocenters. The average molecular weight is 271 g/mol. The van der Waals surface area contributed by atoms with Gasteiger partial charge in [0.05, 0.1) is 11.9 Å². The second-order valence-corrected chi connectivity index (χ2v) is 6.63. The minimum absolute atomic E-state index is 0.473. The lowest BCUT2D eigenvalue weighted by Gasteiger charge is -2.13. The van der Waals surface area contributed by atoms with Gasteiger partial charge < -0.3 is 10.2 Å². The van der Waals surface area contributed by atoms with Crippen molar-refractivity contribution in [3.05, 3.63) is 18.3 Å². The van der Waals surface area contributed by atoms with E-state index < -0.39 is 21.0 Å². The van der Waals surface area contributed by atoms with Crippen molar-refractivity contribution in [1.82, 2.24) is 4.98 Å². The van der Waals surface area contributed by atoms with E-state index in [-0.39, 0.29) is 0 Å². The Morgan fingerprint density at radius 3 is 2.39 bits per heavy atom. The highest BCUT2D eigenvalue weighted by atomic mass is 32.2. The van der Waals surface area contributed by atoms with E-state index in [1.165, 1.54) is 13.1 Å². The molecule has 1 heterocycles. The van der Waals surface area contributed by atoms with Crippen molar-refractivity contribution in [3.63, 3.8) is 0 Å². The highest BCUT2D eigenvalue weighted by Gasteiger charge is 2.23. The van der Waals surface area contributed by atoms with E-state index >= 15 is 0 Å². The molecule has 0 aliphatic rings. The summed E-state index contributed by atoms with van der Waals surface area (Å²) in [5.74, 6) is 0.195. The van der Waals surface area contributed by atoms with Gasteiger partial charge in [0.2, 0.25) is 5.91 Å². The first-order valence-corrected chi connectivity index (χ1v) is 7.30. The van der Waals surface area contributed by atoms with Gasteiger partial charge in [0.1, 0.15) is 11.1 Å². The molecule has 1 rings (SSSR count). The summed E-state index contributed by atoms with van der Waals surface area (Å²) in [7, 11) is 0.323. The minimum atomic E-state index is -3.38. The van der Waals surface area contributed by atoms with E-state index in [9.17, 15) is 13.2 Å². The van der Waals surface area contributed by atoms with Crippen LogP contribution in [0.4, 0.5) is 11.5 Å². The Kier molecular flexibility index (Phi) is 4.28. The summed E-state index contributed by atoms with van der Waals surface area (Å²) < 4.78 is 22.4. The normalized spacial score (nSPS) is 12.9. The Hall–Kier alpha value is -1.63. The molecule has 0 spiro atoms. The number of aromatic nitrogens is 1. The largest absolute Gasteiger partial charge is 0.363 e. The Labute approximate surface area is 107 Å². The van der Waals surface area contributed by atoms with Gasteiger partial charge in [-0.1, -0.05) is 0 Å². The molecule has 6 nitrogen and oxygen atoms in total. The number of rotatable bonds is 4. The van der Waals surface area contributed by atoms with Crippen molar-refractivity contribution in [2.45, 2.75) is 12.2 Å². The fourth-order valence-corrected chi connectivity index (χ4v) is 1.61. The zero-order valence-corrected chi connectivity index (χ0v) is 11.7. The van der Waals surface area contributed by atoms with Crippen molar-refractivity contribution < 1.29 is 13.2 Å². The highest BCUT2D eigenvalue weighted by molar-refractivity contribution is 7.92. The summed E-state index contributed by atoms with van der Waals surface area (Å²) in [4.78, 5) is 17.6. The quantitative estimate of drug-likeness (QED) is 0.863. The van der Waals surface area contributed by atoms with Crippen molar-refractivity contribution in [1.29, 1.82) is 0 Å². The van der Waals surface area contributed by atoms with Gasteiger partial charge in [-0.05, 0) is 19.1 Å². The van der Waals surface area contributed by atoms with Crippen LogP contribution in [0.3, 0.4) is 0 Å². The topological polar surface area (TPSA) is 79.4 Å². The minimum Gasteiger partial charge on any atom is -0.363 e. The lowest BCUT2D eigenvalue weighted by atomic mass is 10.3. The van der Waals surface area contributed by atoms with Crippen LogP contribution in [0.5, 0.6) is 0 Å². The molecule has 0 aromatic carbocycles. The number of hydrogen-bond acceptors (Lipinski definition) is 5. The van der Waals surface area contributed by atoms with E-state index in [1.807, 2.05) is 19.0 Å². The van der Waals surface area contributed by atoms with Gasteiger partial charge in [-0.3, -0.25) is 4.79 Å². The SMILES string of the molecule is C[C@H](C(=O)Nc1ccc(N(C)C)nc1)S(C)(=O)=O. The van der Waals surface area contributed by atoms with Crippen molar-refractivity contribution in [2.24, 2.45) is 0 Å². The standard InChI is InChI=1S/C11H17N3O3S/c1-8(18(4,16)17)11(15)13-9-5-6-10(12-7-9)14(2)3/h5-8H,1-4H3,(H,13,15)/t8-/m1/s1. The van der Waals surface area contributed by atoms with Crippen LogP contribution in [0.1, 0.15) is 6.92 Å². The summed E-state index contributed by atoms with van der Waals surface area (Å²) >= 11 is 0. The lowest BCUT2D eigenvalue weighted by Crippen LogP contribution is -2.31. The highest BCUT2D eigenvalue weighted by Crippen LogP contribution is 2.12. The molecule has 0 saturated carbocycles. The number of sulfone groups is 1. The van der Waals surface area contributed by atoms with E-state index in [0.717, 1.165) is 12.1 Å². The smallest absolute Gasteiger partial charge is 0.242 e.